The van der Waals surface area contributed by atoms with Crippen LogP contribution in [-0.2, 0) is 9.59 Å². The molecule has 0 aromatic heterocycles. The lowest BCUT2D eigenvalue weighted by molar-refractivity contribution is -0.189. The van der Waals surface area contributed by atoms with Gasteiger partial charge in [-0.05, 0) is 49.4 Å². The number of hydrogen-bond acceptors (Lipinski definition) is 3. The topological polar surface area (TPSA) is 54.4 Å². The summed E-state index contributed by atoms with van der Waals surface area (Å²) in [6.07, 6.45) is 4.66. The molecule has 4 saturated carbocycles. The third kappa shape index (κ3) is 1.70. The Morgan fingerprint density at radius 1 is 1.13 bits per heavy atom. The summed E-state index contributed by atoms with van der Waals surface area (Å²) < 4.78 is 0. The third-order valence-electron chi connectivity index (χ3n) is 8.63. The molecule has 1 spiro atoms. The zero-order valence-electron chi connectivity index (χ0n) is 14.9. The van der Waals surface area contributed by atoms with Crippen LogP contribution < -0.4 is 0 Å². The standard InChI is InChI=1S/C20H30O3/c1-11-12-9-13(21)16-19(4)7-6-15(22)18(2,3)14(19)5-8-20(16,10-12)17(11)23/h11-14,16,21H,5-10H2,1-4H3/t11-,12-,13+,14-,16+,19-,20-/m1/s1. The molecule has 4 aliphatic rings. The quantitative estimate of drug-likeness (QED) is 0.745. The molecular formula is C20H30O3. The Labute approximate surface area is 139 Å². The summed E-state index contributed by atoms with van der Waals surface area (Å²) in [5.74, 6) is 1.60. The highest BCUT2D eigenvalue weighted by Crippen LogP contribution is 2.70. The van der Waals surface area contributed by atoms with Crippen molar-refractivity contribution >= 4 is 11.6 Å². The molecule has 0 saturated heterocycles. The van der Waals surface area contributed by atoms with E-state index in [4.69, 9.17) is 0 Å². The van der Waals surface area contributed by atoms with Crippen LogP contribution >= 0.6 is 0 Å². The monoisotopic (exact) mass is 318 g/mol. The smallest absolute Gasteiger partial charge is 0.142 e. The molecule has 128 valence electrons. The van der Waals surface area contributed by atoms with Gasteiger partial charge in [-0.25, -0.2) is 0 Å². The normalized spacial score (nSPS) is 54.6. The Kier molecular flexibility index (Phi) is 3.07. The van der Waals surface area contributed by atoms with Crippen LogP contribution in [0.2, 0.25) is 0 Å². The van der Waals surface area contributed by atoms with Crippen LogP contribution in [0.5, 0.6) is 0 Å². The molecule has 0 radical (unpaired) electrons. The minimum atomic E-state index is -0.376. The van der Waals surface area contributed by atoms with Gasteiger partial charge in [-0.1, -0.05) is 27.7 Å². The molecule has 3 nitrogen and oxygen atoms in total. The van der Waals surface area contributed by atoms with Crippen molar-refractivity contribution in [3.8, 4) is 0 Å². The van der Waals surface area contributed by atoms with Crippen molar-refractivity contribution in [1.82, 2.24) is 0 Å². The van der Waals surface area contributed by atoms with Gasteiger partial charge in [0.05, 0.1) is 6.10 Å². The first-order chi connectivity index (χ1) is 10.6. The Bertz CT molecular complexity index is 579. The number of aliphatic hydroxyl groups is 1. The summed E-state index contributed by atoms with van der Waals surface area (Å²) in [5.41, 5.74) is -0.707. The van der Waals surface area contributed by atoms with Crippen LogP contribution in [-0.4, -0.2) is 22.8 Å². The molecule has 4 aliphatic carbocycles. The Hall–Kier alpha value is -0.700. The number of carbonyl (C=O) groups is 2. The lowest BCUT2D eigenvalue weighted by Crippen LogP contribution is -2.62. The van der Waals surface area contributed by atoms with Crippen molar-refractivity contribution in [2.75, 3.05) is 0 Å². The van der Waals surface area contributed by atoms with E-state index in [0.29, 0.717) is 29.8 Å². The molecule has 23 heavy (non-hydrogen) atoms. The van der Waals surface area contributed by atoms with E-state index in [1.807, 2.05) is 0 Å². The highest BCUT2D eigenvalue weighted by atomic mass is 16.3. The summed E-state index contributed by atoms with van der Waals surface area (Å²) in [6, 6.07) is 0. The van der Waals surface area contributed by atoms with E-state index < -0.39 is 0 Å². The van der Waals surface area contributed by atoms with Crippen molar-refractivity contribution in [3.05, 3.63) is 0 Å². The van der Waals surface area contributed by atoms with E-state index in [0.717, 1.165) is 32.1 Å². The highest BCUT2D eigenvalue weighted by Gasteiger charge is 2.70. The SMILES string of the molecule is C[C@H]1C(=O)[C@@]23CC[C@@H]4C(C)(C)C(=O)CC[C@@]4(C)[C@@H]2[C@@H](O)C[C@@H]1C3. The molecule has 0 aliphatic heterocycles. The summed E-state index contributed by atoms with van der Waals surface area (Å²) in [6.45, 7) is 8.52. The fourth-order valence-electron chi connectivity index (χ4n) is 7.61. The number of Topliss-reactive ketones (excluding diaryl/α,β-unsaturated/α-hetero) is 2. The zero-order valence-corrected chi connectivity index (χ0v) is 14.9. The lowest BCUT2D eigenvalue weighted by Gasteiger charge is -2.63. The molecule has 0 aromatic carbocycles. The van der Waals surface area contributed by atoms with Gasteiger partial charge in [0.15, 0.2) is 0 Å². The van der Waals surface area contributed by atoms with Gasteiger partial charge in [-0.15, -0.1) is 0 Å². The fourth-order valence-corrected chi connectivity index (χ4v) is 7.61. The molecule has 4 fully saturated rings. The average molecular weight is 318 g/mol. The molecule has 0 heterocycles. The van der Waals surface area contributed by atoms with E-state index in [1.54, 1.807) is 0 Å². The number of carbonyl (C=O) groups excluding carboxylic acids is 2. The summed E-state index contributed by atoms with van der Waals surface area (Å²) in [7, 11) is 0. The van der Waals surface area contributed by atoms with Crippen LogP contribution in [0, 0.1) is 39.9 Å². The van der Waals surface area contributed by atoms with Crippen molar-refractivity contribution < 1.29 is 14.7 Å². The van der Waals surface area contributed by atoms with Crippen LogP contribution in [0.3, 0.4) is 0 Å². The van der Waals surface area contributed by atoms with E-state index in [2.05, 4.69) is 27.7 Å². The Morgan fingerprint density at radius 2 is 1.83 bits per heavy atom. The van der Waals surface area contributed by atoms with Gasteiger partial charge in [-0.3, -0.25) is 9.59 Å². The van der Waals surface area contributed by atoms with E-state index in [-0.39, 0.29) is 34.2 Å². The summed E-state index contributed by atoms with van der Waals surface area (Å²) in [5, 5.41) is 11.0. The van der Waals surface area contributed by atoms with E-state index >= 15 is 0 Å². The molecule has 1 N–H and O–H groups in total. The zero-order chi connectivity index (χ0) is 16.8. The molecule has 3 heteroatoms. The Balaban J connectivity index is 1.83. The second-order valence-electron chi connectivity index (χ2n) is 9.80. The van der Waals surface area contributed by atoms with Gasteiger partial charge in [0.2, 0.25) is 0 Å². The average Bonchev–Trinajstić information content (AvgIpc) is 2.65. The maximum atomic E-state index is 13.2. The molecule has 0 aromatic rings. The van der Waals surface area contributed by atoms with Gasteiger partial charge in [0, 0.05) is 29.1 Å². The van der Waals surface area contributed by atoms with Gasteiger partial charge in [-0.2, -0.15) is 0 Å². The van der Waals surface area contributed by atoms with Crippen LogP contribution in [0.15, 0.2) is 0 Å². The van der Waals surface area contributed by atoms with Crippen molar-refractivity contribution in [3.63, 3.8) is 0 Å². The first-order valence-corrected chi connectivity index (χ1v) is 9.40. The number of ketones is 2. The molecule has 4 rings (SSSR count). The van der Waals surface area contributed by atoms with Crippen molar-refractivity contribution in [2.45, 2.75) is 72.3 Å². The maximum Gasteiger partial charge on any atom is 0.142 e. The second kappa shape index (κ2) is 4.47. The third-order valence-corrected chi connectivity index (χ3v) is 8.63. The first-order valence-electron chi connectivity index (χ1n) is 9.40. The second-order valence-corrected chi connectivity index (χ2v) is 9.80. The fraction of sp³-hybridized carbons (Fsp3) is 0.900. The molecular weight excluding hydrogens is 288 g/mol. The number of fused-ring (bicyclic) bond motifs is 3. The molecule has 0 unspecified atom stereocenters. The highest BCUT2D eigenvalue weighted by molar-refractivity contribution is 5.91. The van der Waals surface area contributed by atoms with Crippen molar-refractivity contribution in [2.24, 2.45) is 39.9 Å². The number of hydrogen-bond donors (Lipinski definition) is 1. The van der Waals surface area contributed by atoms with E-state index in [9.17, 15) is 14.7 Å². The van der Waals surface area contributed by atoms with Crippen LogP contribution in [0.4, 0.5) is 0 Å². The number of aliphatic hydroxyl groups excluding tert-OH is 1. The lowest BCUT2D eigenvalue weighted by atomic mass is 9.40. The van der Waals surface area contributed by atoms with Crippen molar-refractivity contribution in [1.29, 1.82) is 0 Å². The van der Waals surface area contributed by atoms with Crippen LogP contribution in [0.25, 0.3) is 0 Å². The molecule has 0 amide bonds. The maximum absolute atomic E-state index is 13.2. The van der Waals surface area contributed by atoms with Gasteiger partial charge in [0.25, 0.3) is 0 Å². The summed E-state index contributed by atoms with van der Waals surface area (Å²) in [4.78, 5) is 25.7. The minimum absolute atomic E-state index is 0.0508. The minimum Gasteiger partial charge on any atom is -0.393 e. The van der Waals surface area contributed by atoms with Gasteiger partial charge >= 0.3 is 0 Å². The van der Waals surface area contributed by atoms with Crippen LogP contribution in [0.1, 0.15) is 66.2 Å². The molecule has 2 bridgehead atoms. The number of rotatable bonds is 0. The van der Waals surface area contributed by atoms with Gasteiger partial charge < -0.3 is 5.11 Å². The Morgan fingerprint density at radius 3 is 2.52 bits per heavy atom. The van der Waals surface area contributed by atoms with E-state index in [1.165, 1.54) is 0 Å². The van der Waals surface area contributed by atoms with Gasteiger partial charge in [0.1, 0.15) is 11.6 Å². The predicted octanol–water partition coefficient (Wildman–Crippen LogP) is 3.38. The predicted molar refractivity (Wildman–Crippen MR) is 87.7 cm³/mol. The molecule has 7 atom stereocenters. The summed E-state index contributed by atoms with van der Waals surface area (Å²) >= 11 is 0. The first kappa shape index (κ1) is 15.8. The largest absolute Gasteiger partial charge is 0.393 e.